The van der Waals surface area contributed by atoms with E-state index in [9.17, 15) is 14.4 Å². The lowest BCUT2D eigenvalue weighted by molar-refractivity contribution is -0.120. The lowest BCUT2D eigenvalue weighted by atomic mass is 9.95. The molecule has 2 aromatic carbocycles. The normalized spacial score (nSPS) is 17.5. The van der Waals surface area contributed by atoms with Crippen molar-refractivity contribution in [3.05, 3.63) is 83.3 Å². The molecule has 0 radical (unpaired) electrons. The van der Waals surface area contributed by atoms with Crippen molar-refractivity contribution in [3.8, 4) is 0 Å². The molecule has 1 atom stereocenters. The van der Waals surface area contributed by atoms with Crippen molar-refractivity contribution in [1.82, 2.24) is 4.90 Å². The second kappa shape index (κ2) is 8.55. The molecule has 3 heterocycles. The fourth-order valence-corrected chi connectivity index (χ4v) is 4.19. The van der Waals surface area contributed by atoms with Crippen molar-refractivity contribution in [2.75, 3.05) is 23.4 Å². The topological polar surface area (TPSA) is 95.2 Å². The molecule has 8 nitrogen and oxygen atoms in total. The quantitative estimate of drug-likeness (QED) is 0.632. The first-order valence-electron chi connectivity index (χ1n) is 10.4. The molecule has 5 rings (SSSR count). The van der Waals surface area contributed by atoms with E-state index in [4.69, 9.17) is 16.0 Å². The molecule has 0 bridgehead atoms. The molecule has 2 aliphatic heterocycles. The van der Waals surface area contributed by atoms with E-state index < -0.39 is 5.92 Å². The van der Waals surface area contributed by atoms with Gasteiger partial charge >= 0.3 is 0 Å². The largest absolute Gasteiger partial charge is 0.459 e. The maximum absolute atomic E-state index is 13.2. The van der Waals surface area contributed by atoms with Crippen molar-refractivity contribution in [2.24, 2.45) is 11.0 Å². The van der Waals surface area contributed by atoms with Gasteiger partial charge in [0, 0.05) is 35.8 Å². The Morgan fingerprint density at radius 3 is 2.73 bits per heavy atom. The van der Waals surface area contributed by atoms with Crippen LogP contribution < -0.4 is 10.3 Å². The summed E-state index contributed by atoms with van der Waals surface area (Å²) in [5, 5.41) is 9.10. The summed E-state index contributed by atoms with van der Waals surface area (Å²) in [6.45, 7) is 0.732. The molecule has 1 aromatic heterocycles. The monoisotopic (exact) mass is 462 g/mol. The van der Waals surface area contributed by atoms with Crippen LogP contribution in [0.25, 0.3) is 0 Å². The predicted molar refractivity (Wildman–Crippen MR) is 123 cm³/mol. The maximum Gasteiger partial charge on any atom is 0.291 e. The lowest BCUT2D eigenvalue weighted by Gasteiger charge is -2.30. The van der Waals surface area contributed by atoms with Crippen LogP contribution in [0.5, 0.6) is 0 Å². The van der Waals surface area contributed by atoms with Gasteiger partial charge < -0.3 is 14.6 Å². The molecule has 9 heteroatoms. The van der Waals surface area contributed by atoms with Gasteiger partial charge in [-0.3, -0.25) is 14.4 Å². The zero-order valence-electron chi connectivity index (χ0n) is 17.4. The minimum Gasteiger partial charge on any atom is -0.459 e. The van der Waals surface area contributed by atoms with E-state index in [2.05, 4.69) is 10.4 Å². The zero-order chi connectivity index (χ0) is 22.9. The summed E-state index contributed by atoms with van der Waals surface area (Å²) in [6, 6.07) is 16.8. The Kier molecular flexibility index (Phi) is 5.43. The van der Waals surface area contributed by atoms with Crippen LogP contribution in [0.4, 0.5) is 11.4 Å². The molecule has 0 spiro atoms. The third-order valence-electron chi connectivity index (χ3n) is 5.63. The summed E-state index contributed by atoms with van der Waals surface area (Å²) in [4.78, 5) is 40.0. The minimum absolute atomic E-state index is 0.162. The second-order valence-electron chi connectivity index (χ2n) is 7.79. The third-order valence-corrected chi connectivity index (χ3v) is 5.87. The van der Waals surface area contributed by atoms with Gasteiger partial charge in [-0.2, -0.15) is 5.10 Å². The number of nitrogens with zero attached hydrogens (tertiary/aromatic N) is 3. The van der Waals surface area contributed by atoms with Crippen molar-refractivity contribution in [3.63, 3.8) is 0 Å². The fourth-order valence-electron chi connectivity index (χ4n) is 4.00. The first-order chi connectivity index (χ1) is 16.0. The van der Waals surface area contributed by atoms with Crippen molar-refractivity contribution >= 4 is 46.4 Å². The molecule has 3 aromatic rings. The standard InChI is InChI=1S/C24H19ClN4O4/c25-16-5-1-4-15(12-16)23(31)28-10-9-20-19(14-28)24(32)29(27-20)18-7-2-6-17(13-18)26-22(30)21-8-3-11-33-21/h1-8,11-13,19H,9-10,14H2,(H,26,30). The molecule has 3 amide bonds. The number of hydrogen-bond donors (Lipinski definition) is 1. The van der Waals surface area contributed by atoms with Gasteiger partial charge in [-0.1, -0.05) is 23.7 Å². The van der Waals surface area contributed by atoms with E-state index in [0.29, 0.717) is 34.9 Å². The Hall–Kier alpha value is -3.91. The second-order valence-corrected chi connectivity index (χ2v) is 8.22. The fraction of sp³-hybridized carbons (Fsp3) is 0.167. The van der Waals surface area contributed by atoms with Crippen LogP contribution in [0.3, 0.4) is 0 Å². The number of likely N-dealkylation sites (tertiary alicyclic amines) is 1. The highest BCUT2D eigenvalue weighted by Crippen LogP contribution is 2.30. The number of amides is 3. The number of benzene rings is 2. The molecular formula is C24H19ClN4O4. The summed E-state index contributed by atoms with van der Waals surface area (Å²) in [5.74, 6) is -1.06. The Bertz CT molecular complexity index is 1270. The van der Waals surface area contributed by atoms with E-state index in [1.54, 1.807) is 65.6 Å². The molecule has 0 saturated carbocycles. The maximum atomic E-state index is 13.2. The van der Waals surface area contributed by atoms with Gasteiger partial charge in [-0.15, -0.1) is 0 Å². The average Bonchev–Trinajstić information content (AvgIpc) is 3.47. The van der Waals surface area contributed by atoms with Gasteiger partial charge in [0.2, 0.25) is 0 Å². The number of hydrogen-bond acceptors (Lipinski definition) is 5. The highest BCUT2D eigenvalue weighted by Gasteiger charge is 2.41. The van der Waals surface area contributed by atoms with E-state index in [1.807, 2.05) is 0 Å². The minimum atomic E-state index is -0.497. The van der Waals surface area contributed by atoms with Crippen molar-refractivity contribution < 1.29 is 18.8 Å². The van der Waals surface area contributed by atoms with Crippen LogP contribution in [0.1, 0.15) is 27.3 Å². The molecule has 33 heavy (non-hydrogen) atoms. The van der Waals surface area contributed by atoms with Gasteiger partial charge in [-0.05, 0) is 48.5 Å². The molecule has 1 saturated heterocycles. The summed E-state index contributed by atoms with van der Waals surface area (Å²) in [7, 11) is 0. The number of nitrogens with one attached hydrogen (secondary N) is 1. The first-order valence-corrected chi connectivity index (χ1v) is 10.8. The molecular weight excluding hydrogens is 444 g/mol. The number of furan rings is 1. The van der Waals surface area contributed by atoms with E-state index in [-0.39, 0.29) is 30.0 Å². The van der Waals surface area contributed by atoms with Crippen LogP contribution in [0.2, 0.25) is 5.02 Å². The summed E-state index contributed by atoms with van der Waals surface area (Å²) in [6.07, 6.45) is 1.93. The number of piperidine rings is 1. The SMILES string of the molecule is O=C(Nc1cccc(N2N=C3CCN(C(=O)c4cccc(Cl)c4)CC3C2=O)c1)c1ccco1. The highest BCUT2D eigenvalue weighted by molar-refractivity contribution is 6.31. The van der Waals surface area contributed by atoms with Gasteiger partial charge in [0.05, 0.1) is 23.6 Å². The number of rotatable bonds is 4. The number of fused-ring (bicyclic) bond motifs is 1. The van der Waals surface area contributed by atoms with E-state index >= 15 is 0 Å². The smallest absolute Gasteiger partial charge is 0.291 e. The Labute approximate surface area is 194 Å². The predicted octanol–water partition coefficient (Wildman–Crippen LogP) is 4.05. The summed E-state index contributed by atoms with van der Waals surface area (Å²) in [5.41, 5.74) is 2.28. The number of halogens is 1. The van der Waals surface area contributed by atoms with Crippen LogP contribution in [-0.2, 0) is 4.79 Å². The molecule has 0 aliphatic carbocycles. The average molecular weight is 463 g/mol. The Morgan fingerprint density at radius 2 is 1.94 bits per heavy atom. The number of hydrazone groups is 1. The molecule has 166 valence electrons. The highest BCUT2D eigenvalue weighted by atomic mass is 35.5. The number of carbonyl (C=O) groups excluding carboxylic acids is 3. The summed E-state index contributed by atoms with van der Waals surface area (Å²) < 4.78 is 5.11. The lowest BCUT2D eigenvalue weighted by Crippen LogP contribution is -2.46. The van der Waals surface area contributed by atoms with Crippen molar-refractivity contribution in [1.29, 1.82) is 0 Å². The number of anilines is 2. The van der Waals surface area contributed by atoms with Crippen LogP contribution in [-0.4, -0.2) is 41.4 Å². The zero-order valence-corrected chi connectivity index (χ0v) is 18.2. The van der Waals surface area contributed by atoms with Crippen molar-refractivity contribution in [2.45, 2.75) is 6.42 Å². The van der Waals surface area contributed by atoms with E-state index in [1.165, 1.54) is 11.3 Å². The van der Waals surface area contributed by atoms with E-state index in [0.717, 1.165) is 5.71 Å². The molecule has 1 unspecified atom stereocenters. The Balaban J connectivity index is 1.31. The van der Waals surface area contributed by atoms with Crippen LogP contribution in [0, 0.1) is 5.92 Å². The van der Waals surface area contributed by atoms with Gasteiger partial charge in [0.15, 0.2) is 5.76 Å². The van der Waals surface area contributed by atoms with Crippen LogP contribution >= 0.6 is 11.6 Å². The van der Waals surface area contributed by atoms with Crippen LogP contribution in [0.15, 0.2) is 76.4 Å². The summed E-state index contributed by atoms with van der Waals surface area (Å²) >= 11 is 6.02. The molecule has 1 fully saturated rings. The third kappa shape index (κ3) is 4.12. The number of carbonyl (C=O) groups is 3. The Morgan fingerprint density at radius 1 is 1.09 bits per heavy atom. The van der Waals surface area contributed by atoms with Gasteiger partial charge in [0.1, 0.15) is 0 Å². The molecule has 2 aliphatic rings. The first kappa shape index (κ1) is 21.0. The van der Waals surface area contributed by atoms with Gasteiger partial charge in [0.25, 0.3) is 17.7 Å². The van der Waals surface area contributed by atoms with Gasteiger partial charge in [-0.25, -0.2) is 5.01 Å². The molecule has 1 N–H and O–H groups in total.